The molecule has 3 aromatic rings. The van der Waals surface area contributed by atoms with Gasteiger partial charge in [0.05, 0.1) is 30.8 Å². The summed E-state index contributed by atoms with van der Waals surface area (Å²) in [4.78, 5) is 8.64. The van der Waals surface area contributed by atoms with Gasteiger partial charge in [-0.05, 0) is 28.1 Å². The molecule has 24 heavy (non-hydrogen) atoms. The third-order valence-corrected chi connectivity index (χ3v) is 3.76. The monoisotopic (exact) mass is 397 g/mol. The maximum atomic E-state index is 11.5. The molecule has 5 nitrogen and oxygen atoms in total. The van der Waals surface area contributed by atoms with Crippen molar-refractivity contribution in [2.45, 2.75) is 19.6 Å². The van der Waals surface area contributed by atoms with Crippen LogP contribution in [0.3, 0.4) is 0 Å². The second kappa shape index (κ2) is 7.67. The highest BCUT2D eigenvalue weighted by Crippen LogP contribution is 2.19. The third kappa shape index (κ3) is 4.07. The molecule has 4 rings (SSSR count). The Morgan fingerprint density at radius 3 is 2.79 bits per heavy atom. The SMILES string of the molecule is Brc1cn2c3c(nc2cn1)CCOC3.FC(F)Oc1ccccc1. The molecule has 0 fully saturated rings. The fraction of sp³-hybridized carbons (Fsp3) is 0.250. The fourth-order valence-electron chi connectivity index (χ4n) is 2.32. The van der Waals surface area contributed by atoms with Crippen LogP contribution in [0.5, 0.6) is 5.75 Å². The highest BCUT2D eigenvalue weighted by atomic mass is 79.9. The zero-order valence-electron chi connectivity index (χ0n) is 12.5. The first-order valence-corrected chi connectivity index (χ1v) is 8.02. The second-order valence-corrected chi connectivity index (χ2v) is 5.75. The number of aromatic nitrogens is 3. The average Bonchev–Trinajstić information content (AvgIpc) is 2.94. The van der Waals surface area contributed by atoms with Crippen LogP contribution >= 0.6 is 15.9 Å². The van der Waals surface area contributed by atoms with E-state index < -0.39 is 6.61 Å². The molecule has 0 aliphatic carbocycles. The summed E-state index contributed by atoms with van der Waals surface area (Å²) in [6.45, 7) is -1.32. The lowest BCUT2D eigenvalue weighted by Crippen LogP contribution is -2.10. The van der Waals surface area contributed by atoms with Crippen LogP contribution in [0.4, 0.5) is 8.78 Å². The molecule has 3 heterocycles. The molecule has 1 aromatic carbocycles. The average molecular weight is 398 g/mol. The van der Waals surface area contributed by atoms with Crippen LogP contribution in [0, 0.1) is 0 Å². The predicted octanol–water partition coefficient (Wildman–Crippen LogP) is 3.85. The topological polar surface area (TPSA) is 48.7 Å². The number of rotatable bonds is 2. The normalized spacial score (nSPS) is 13.3. The van der Waals surface area contributed by atoms with Gasteiger partial charge in [0.2, 0.25) is 0 Å². The smallest absolute Gasteiger partial charge is 0.387 e. The van der Waals surface area contributed by atoms with Gasteiger partial charge in [0.25, 0.3) is 0 Å². The van der Waals surface area contributed by atoms with E-state index in [1.807, 2.05) is 10.6 Å². The van der Waals surface area contributed by atoms with E-state index in [4.69, 9.17) is 4.74 Å². The minimum Gasteiger partial charge on any atom is -0.435 e. The van der Waals surface area contributed by atoms with Gasteiger partial charge in [-0.1, -0.05) is 18.2 Å². The summed E-state index contributed by atoms with van der Waals surface area (Å²) in [6.07, 6.45) is 4.59. The highest BCUT2D eigenvalue weighted by molar-refractivity contribution is 9.10. The molecule has 0 radical (unpaired) electrons. The molecule has 1 aliphatic heterocycles. The van der Waals surface area contributed by atoms with Crippen molar-refractivity contribution in [1.29, 1.82) is 0 Å². The largest absolute Gasteiger partial charge is 0.435 e. The van der Waals surface area contributed by atoms with Crippen molar-refractivity contribution in [1.82, 2.24) is 14.4 Å². The van der Waals surface area contributed by atoms with Crippen molar-refractivity contribution in [3.05, 3.63) is 58.7 Å². The van der Waals surface area contributed by atoms with E-state index >= 15 is 0 Å². The summed E-state index contributed by atoms with van der Waals surface area (Å²) in [6, 6.07) is 7.96. The lowest BCUT2D eigenvalue weighted by molar-refractivity contribution is -0.0498. The summed E-state index contributed by atoms with van der Waals surface area (Å²) >= 11 is 3.34. The lowest BCUT2D eigenvalue weighted by atomic mass is 10.2. The maximum absolute atomic E-state index is 11.5. The minimum atomic E-state index is -2.73. The molecule has 0 unspecified atom stereocenters. The Labute approximate surface area is 145 Å². The molecule has 0 amide bonds. The van der Waals surface area contributed by atoms with Gasteiger partial charge in [-0.3, -0.25) is 4.40 Å². The number of fused-ring (bicyclic) bond motifs is 3. The van der Waals surface area contributed by atoms with Crippen molar-refractivity contribution >= 4 is 21.6 Å². The van der Waals surface area contributed by atoms with Crippen molar-refractivity contribution in [2.75, 3.05) is 6.61 Å². The predicted molar refractivity (Wildman–Crippen MR) is 87.1 cm³/mol. The molecule has 8 heteroatoms. The number of para-hydroxylation sites is 1. The standard InChI is InChI=1S/C9H8BrN3O.C7H6F2O/c10-8-4-13-7-5-14-2-1-6(7)12-9(13)3-11-8;8-7(9)10-6-4-2-1-3-5-6/h3-4H,1-2,5H2;1-5,7H. The number of hydrogen-bond donors (Lipinski definition) is 0. The first-order valence-electron chi connectivity index (χ1n) is 7.22. The van der Waals surface area contributed by atoms with Crippen molar-refractivity contribution in [3.63, 3.8) is 0 Å². The van der Waals surface area contributed by atoms with Crippen LogP contribution in [-0.2, 0) is 17.8 Å². The highest BCUT2D eigenvalue weighted by Gasteiger charge is 2.16. The number of ether oxygens (including phenoxy) is 2. The van der Waals surface area contributed by atoms with Crippen LogP contribution in [-0.4, -0.2) is 27.6 Å². The van der Waals surface area contributed by atoms with Gasteiger partial charge in [-0.15, -0.1) is 0 Å². The lowest BCUT2D eigenvalue weighted by Gasteiger charge is -2.11. The van der Waals surface area contributed by atoms with Gasteiger partial charge in [0, 0.05) is 12.6 Å². The Hall–Kier alpha value is -2.06. The fourth-order valence-corrected chi connectivity index (χ4v) is 2.63. The van der Waals surface area contributed by atoms with Crippen LogP contribution in [0.2, 0.25) is 0 Å². The Kier molecular flexibility index (Phi) is 5.37. The van der Waals surface area contributed by atoms with Gasteiger partial charge < -0.3 is 9.47 Å². The molecule has 0 saturated carbocycles. The molecule has 0 bridgehead atoms. The number of hydrogen-bond acceptors (Lipinski definition) is 4. The Bertz CT molecular complexity index is 812. The number of halogens is 3. The first-order chi connectivity index (χ1) is 11.6. The van der Waals surface area contributed by atoms with Crippen molar-refractivity contribution in [3.8, 4) is 5.75 Å². The summed E-state index contributed by atoms with van der Waals surface area (Å²) in [5, 5.41) is 0. The molecule has 1 aliphatic rings. The maximum Gasteiger partial charge on any atom is 0.387 e. The molecule has 0 saturated heterocycles. The van der Waals surface area contributed by atoms with E-state index in [0.717, 1.165) is 34.7 Å². The van der Waals surface area contributed by atoms with E-state index in [1.165, 1.54) is 12.1 Å². The quantitative estimate of drug-likeness (QED) is 0.658. The molecular formula is C16H14BrF2N3O2. The Morgan fingerprint density at radius 2 is 2.04 bits per heavy atom. The summed E-state index contributed by atoms with van der Waals surface area (Å²) in [5.41, 5.74) is 3.18. The molecular weight excluding hydrogens is 384 g/mol. The summed E-state index contributed by atoms with van der Waals surface area (Å²) < 4.78 is 35.3. The van der Waals surface area contributed by atoms with E-state index in [2.05, 4.69) is 30.6 Å². The van der Waals surface area contributed by atoms with Gasteiger partial charge in [-0.2, -0.15) is 8.78 Å². The van der Waals surface area contributed by atoms with Gasteiger partial charge in [0.15, 0.2) is 5.65 Å². The Morgan fingerprint density at radius 1 is 1.25 bits per heavy atom. The van der Waals surface area contributed by atoms with E-state index in [0.29, 0.717) is 6.61 Å². The number of benzene rings is 1. The van der Waals surface area contributed by atoms with E-state index in [1.54, 1.807) is 24.4 Å². The first kappa shape index (κ1) is 16.8. The van der Waals surface area contributed by atoms with E-state index in [9.17, 15) is 8.78 Å². The zero-order chi connectivity index (χ0) is 16.9. The van der Waals surface area contributed by atoms with Gasteiger partial charge in [-0.25, -0.2) is 9.97 Å². The van der Waals surface area contributed by atoms with Crippen LogP contribution in [0.15, 0.2) is 47.3 Å². The van der Waals surface area contributed by atoms with Crippen LogP contribution < -0.4 is 4.74 Å². The summed E-state index contributed by atoms with van der Waals surface area (Å²) in [5.74, 6) is 0.192. The van der Waals surface area contributed by atoms with Gasteiger partial charge in [0.1, 0.15) is 10.4 Å². The molecule has 0 atom stereocenters. The molecule has 126 valence electrons. The Balaban J connectivity index is 0.000000150. The van der Waals surface area contributed by atoms with Crippen molar-refractivity contribution < 1.29 is 18.3 Å². The second-order valence-electron chi connectivity index (χ2n) is 4.94. The molecule has 0 N–H and O–H groups in total. The van der Waals surface area contributed by atoms with E-state index in [-0.39, 0.29) is 5.75 Å². The number of imidazole rings is 1. The van der Waals surface area contributed by atoms with Crippen LogP contribution in [0.25, 0.3) is 5.65 Å². The minimum absolute atomic E-state index is 0.192. The van der Waals surface area contributed by atoms with Crippen LogP contribution in [0.1, 0.15) is 11.4 Å². The van der Waals surface area contributed by atoms with Crippen molar-refractivity contribution in [2.24, 2.45) is 0 Å². The number of alkyl halides is 2. The third-order valence-electron chi connectivity index (χ3n) is 3.35. The zero-order valence-corrected chi connectivity index (χ0v) is 14.1. The summed E-state index contributed by atoms with van der Waals surface area (Å²) in [7, 11) is 0. The molecule has 2 aromatic heterocycles. The molecule has 0 spiro atoms. The van der Waals surface area contributed by atoms with Gasteiger partial charge >= 0.3 is 6.61 Å². The number of nitrogens with zero attached hydrogens (tertiary/aromatic N) is 3.